The molecule has 0 saturated heterocycles. The lowest BCUT2D eigenvalue weighted by molar-refractivity contribution is -0.649. The van der Waals surface area contributed by atoms with Crippen LogP contribution in [0.15, 0.2) is 77.7 Å². The van der Waals surface area contributed by atoms with Crippen molar-refractivity contribution in [2.75, 3.05) is 12.5 Å². The molecule has 2 aromatic carbocycles. The Morgan fingerprint density at radius 1 is 1.05 bits per heavy atom. The zero-order chi connectivity index (χ0) is 25.5. The third-order valence-corrected chi connectivity index (χ3v) is 6.49. The highest BCUT2D eigenvalue weighted by molar-refractivity contribution is 6.00. The Labute approximate surface area is 211 Å². The molecule has 0 saturated carbocycles. The quantitative estimate of drug-likeness (QED) is 0.287. The first-order valence-corrected chi connectivity index (χ1v) is 11.8. The lowest BCUT2D eigenvalue weighted by atomic mass is 10.1. The van der Waals surface area contributed by atoms with Crippen LogP contribution in [0.5, 0.6) is 11.5 Å². The van der Waals surface area contributed by atoms with E-state index in [4.69, 9.17) is 20.2 Å². The average molecular weight is 495 g/mol. The van der Waals surface area contributed by atoms with Crippen molar-refractivity contribution in [1.29, 1.82) is 0 Å². The number of nitrogens with zero attached hydrogens (tertiary/aromatic N) is 3. The molecule has 0 atom stereocenters. The number of ether oxygens (including phenoxy) is 2. The topological polar surface area (TPSA) is 112 Å². The highest BCUT2D eigenvalue weighted by Crippen LogP contribution is 2.32. The second kappa shape index (κ2) is 8.94. The number of aryl methyl sites for hydroxylation is 1. The number of nitrogen functional groups attached to an aromatic ring is 1. The standard InChI is InChI=1S/C28H23N5O4/c1-17-6-5-11-32-25(17)31-26-21(28(32)35)13-20(24(29)33(26)15-18-7-3-2-4-8-18)27(34)30-14-19-9-10-22-23(12-19)37-16-36-22/h2-13,29H,14-16H2,1H3,(H,30,34)/p+1. The second-order valence-electron chi connectivity index (χ2n) is 8.92. The van der Waals surface area contributed by atoms with Crippen LogP contribution in [0.25, 0.3) is 16.7 Å². The fraction of sp³-hybridized carbons (Fsp3) is 0.143. The summed E-state index contributed by atoms with van der Waals surface area (Å²) in [4.78, 5) is 31.7. The minimum absolute atomic E-state index is 0.179. The Morgan fingerprint density at radius 3 is 2.70 bits per heavy atom. The van der Waals surface area contributed by atoms with Crippen molar-refractivity contribution in [1.82, 2.24) is 14.7 Å². The third kappa shape index (κ3) is 4.00. The average Bonchev–Trinajstić information content (AvgIpc) is 3.38. The van der Waals surface area contributed by atoms with Crippen molar-refractivity contribution >= 4 is 28.4 Å². The number of hydrogen-bond acceptors (Lipinski definition) is 6. The number of fused-ring (bicyclic) bond motifs is 3. The summed E-state index contributed by atoms with van der Waals surface area (Å²) in [5.41, 5.74) is 10.2. The van der Waals surface area contributed by atoms with Gasteiger partial charge in [0.25, 0.3) is 17.1 Å². The van der Waals surface area contributed by atoms with Crippen molar-refractivity contribution in [2.45, 2.75) is 20.0 Å². The van der Waals surface area contributed by atoms with Gasteiger partial charge >= 0.3 is 0 Å². The van der Waals surface area contributed by atoms with Gasteiger partial charge in [-0.25, -0.2) is 4.57 Å². The van der Waals surface area contributed by atoms with Crippen molar-refractivity contribution in [3.05, 3.63) is 106 Å². The summed E-state index contributed by atoms with van der Waals surface area (Å²) in [6.45, 7) is 2.68. The molecule has 0 aliphatic carbocycles. The second-order valence-corrected chi connectivity index (χ2v) is 8.92. The first-order chi connectivity index (χ1) is 18.0. The number of rotatable bonds is 5. The Balaban J connectivity index is 1.45. The maximum absolute atomic E-state index is 13.5. The molecular formula is C28H24N5O4+. The van der Waals surface area contributed by atoms with Crippen molar-refractivity contribution in [3.63, 3.8) is 0 Å². The van der Waals surface area contributed by atoms with Crippen LogP contribution >= 0.6 is 0 Å². The molecule has 5 aromatic rings. The lowest BCUT2D eigenvalue weighted by Gasteiger charge is -2.13. The molecule has 37 heavy (non-hydrogen) atoms. The number of anilines is 1. The molecule has 0 spiro atoms. The van der Waals surface area contributed by atoms with Gasteiger partial charge in [-0.1, -0.05) is 47.4 Å². The number of amides is 1. The molecule has 9 heteroatoms. The zero-order valence-electron chi connectivity index (χ0n) is 20.1. The molecule has 1 amide bonds. The van der Waals surface area contributed by atoms with Crippen LogP contribution in [0.4, 0.5) is 5.82 Å². The number of nitrogens with two attached hydrogens (primary N) is 1. The molecule has 9 nitrogen and oxygen atoms in total. The monoisotopic (exact) mass is 494 g/mol. The van der Waals surface area contributed by atoms with E-state index in [1.54, 1.807) is 16.8 Å². The van der Waals surface area contributed by atoms with Gasteiger partial charge in [-0.3, -0.25) is 14.0 Å². The van der Waals surface area contributed by atoms with Gasteiger partial charge in [0.05, 0.1) is 6.54 Å². The minimum atomic E-state index is -0.396. The van der Waals surface area contributed by atoms with Gasteiger partial charge in [0.1, 0.15) is 10.9 Å². The lowest BCUT2D eigenvalue weighted by Crippen LogP contribution is -2.43. The van der Waals surface area contributed by atoms with Gasteiger partial charge < -0.3 is 20.5 Å². The Bertz CT molecular complexity index is 1750. The fourth-order valence-corrected chi connectivity index (χ4v) is 4.55. The van der Waals surface area contributed by atoms with E-state index in [0.717, 1.165) is 16.7 Å². The molecule has 0 fully saturated rings. The van der Waals surface area contributed by atoms with Gasteiger partial charge in [0, 0.05) is 18.3 Å². The molecule has 1 aliphatic rings. The van der Waals surface area contributed by atoms with E-state index in [0.29, 0.717) is 34.7 Å². The van der Waals surface area contributed by atoms with E-state index in [2.05, 4.69) is 5.32 Å². The number of pyridine rings is 2. The van der Waals surface area contributed by atoms with E-state index < -0.39 is 5.91 Å². The van der Waals surface area contributed by atoms with Gasteiger partial charge in [-0.2, -0.15) is 0 Å². The number of carbonyl (C=O) groups is 1. The Morgan fingerprint density at radius 2 is 1.86 bits per heavy atom. The van der Waals surface area contributed by atoms with E-state index in [-0.39, 0.29) is 30.3 Å². The van der Waals surface area contributed by atoms with Gasteiger partial charge in [0.15, 0.2) is 11.5 Å². The van der Waals surface area contributed by atoms with Gasteiger partial charge in [-0.05, 0) is 42.3 Å². The summed E-state index contributed by atoms with van der Waals surface area (Å²) in [5.74, 6) is 1.14. The van der Waals surface area contributed by atoms with E-state index in [1.165, 1.54) is 10.5 Å². The predicted molar refractivity (Wildman–Crippen MR) is 138 cm³/mol. The number of aromatic nitrogens is 3. The maximum atomic E-state index is 13.5. The molecule has 3 N–H and O–H groups in total. The largest absolute Gasteiger partial charge is 0.454 e. The van der Waals surface area contributed by atoms with E-state index in [1.807, 2.05) is 61.5 Å². The zero-order valence-corrected chi connectivity index (χ0v) is 20.1. The number of nitrogens with one attached hydrogen (secondary N) is 1. The number of carbonyl (C=O) groups excluding carboxylic acids is 1. The molecule has 4 heterocycles. The summed E-state index contributed by atoms with van der Waals surface area (Å²) in [7, 11) is 0. The van der Waals surface area contributed by atoms with Crippen LogP contribution in [0.3, 0.4) is 0 Å². The summed E-state index contributed by atoms with van der Waals surface area (Å²) >= 11 is 0. The van der Waals surface area contributed by atoms with Crippen LogP contribution < -0.4 is 30.7 Å². The van der Waals surface area contributed by atoms with Crippen LogP contribution in [-0.4, -0.2) is 22.1 Å². The normalized spacial score (nSPS) is 12.2. The van der Waals surface area contributed by atoms with Crippen LogP contribution in [0.2, 0.25) is 0 Å². The Kier molecular flexibility index (Phi) is 5.45. The van der Waals surface area contributed by atoms with Crippen LogP contribution in [-0.2, 0) is 13.1 Å². The van der Waals surface area contributed by atoms with Crippen molar-refractivity contribution in [2.24, 2.45) is 0 Å². The number of hydrogen-bond donors (Lipinski definition) is 2. The summed E-state index contributed by atoms with van der Waals surface area (Å²) < 4.78 is 14.0. The Hall–Kier alpha value is -4.92. The molecule has 0 unspecified atom stereocenters. The third-order valence-electron chi connectivity index (χ3n) is 6.49. The molecule has 184 valence electrons. The molecule has 6 rings (SSSR count). The van der Waals surface area contributed by atoms with Crippen molar-refractivity contribution < 1.29 is 18.8 Å². The molecule has 3 aromatic heterocycles. The molecule has 0 radical (unpaired) electrons. The van der Waals surface area contributed by atoms with Crippen molar-refractivity contribution in [3.8, 4) is 11.5 Å². The number of benzene rings is 2. The molecular weight excluding hydrogens is 470 g/mol. The van der Waals surface area contributed by atoms with E-state index >= 15 is 0 Å². The van der Waals surface area contributed by atoms with E-state index in [9.17, 15) is 9.59 Å². The summed E-state index contributed by atoms with van der Waals surface area (Å²) in [6.07, 6.45) is 1.67. The van der Waals surface area contributed by atoms with Crippen LogP contribution in [0.1, 0.15) is 27.0 Å². The van der Waals surface area contributed by atoms with Gasteiger partial charge in [-0.15, -0.1) is 0 Å². The first-order valence-electron chi connectivity index (χ1n) is 11.8. The summed E-state index contributed by atoms with van der Waals surface area (Å²) in [6, 6.07) is 20.4. The molecule has 1 aliphatic heterocycles. The SMILES string of the molecule is Cc1cccn2c(=O)c3cc(C(=O)NCc4ccc5c(c4)OCO5)c(N)[n+](Cc4ccccc4)c3nc12. The molecule has 0 bridgehead atoms. The maximum Gasteiger partial charge on any atom is 0.278 e. The predicted octanol–water partition coefficient (Wildman–Crippen LogP) is 2.73. The first kappa shape index (κ1) is 22.5. The highest BCUT2D eigenvalue weighted by atomic mass is 16.7. The summed E-state index contributed by atoms with van der Waals surface area (Å²) in [5, 5.41) is 3.22. The van der Waals surface area contributed by atoms with Crippen LogP contribution in [0, 0.1) is 6.92 Å². The fourth-order valence-electron chi connectivity index (χ4n) is 4.55. The minimum Gasteiger partial charge on any atom is -0.454 e. The van der Waals surface area contributed by atoms with Gasteiger partial charge in [0.2, 0.25) is 18.3 Å². The smallest absolute Gasteiger partial charge is 0.278 e. The highest BCUT2D eigenvalue weighted by Gasteiger charge is 2.25.